The quantitative estimate of drug-likeness (QED) is 0.831. The highest BCUT2D eigenvalue weighted by Gasteiger charge is 2.08. The van der Waals surface area contributed by atoms with Crippen LogP contribution in [-0.2, 0) is 6.54 Å². The van der Waals surface area contributed by atoms with E-state index in [0.717, 1.165) is 0 Å². The fraction of sp³-hybridized carbons (Fsp3) is 0.267. The maximum atomic E-state index is 11.9. The Kier molecular flexibility index (Phi) is 5.56. The van der Waals surface area contributed by atoms with Gasteiger partial charge in [-0.05, 0) is 12.1 Å². The second-order valence-electron chi connectivity index (χ2n) is 4.56. The summed E-state index contributed by atoms with van der Waals surface area (Å²) >= 11 is 0. The van der Waals surface area contributed by atoms with E-state index in [0.29, 0.717) is 23.7 Å². The summed E-state index contributed by atoms with van der Waals surface area (Å²) < 4.78 is 11.7. The third-order valence-corrected chi connectivity index (χ3v) is 3.09. The van der Waals surface area contributed by atoms with Crippen molar-refractivity contribution in [3.8, 4) is 11.5 Å². The second-order valence-corrected chi connectivity index (χ2v) is 4.56. The molecule has 8 heteroatoms. The SMILES string of the molecule is COc1ccc(NC(=O)NCCn2cnccc2=O)c(OC)c1. The molecule has 1 aromatic heterocycles. The molecule has 0 radical (unpaired) electrons. The molecule has 0 spiro atoms. The minimum absolute atomic E-state index is 0.168. The van der Waals surface area contributed by atoms with E-state index in [1.807, 2.05) is 0 Å². The molecule has 0 saturated heterocycles. The van der Waals surface area contributed by atoms with Gasteiger partial charge in [0.15, 0.2) is 0 Å². The van der Waals surface area contributed by atoms with E-state index >= 15 is 0 Å². The number of nitrogens with one attached hydrogen (secondary N) is 2. The minimum Gasteiger partial charge on any atom is -0.497 e. The van der Waals surface area contributed by atoms with Crippen LogP contribution in [0.4, 0.5) is 10.5 Å². The van der Waals surface area contributed by atoms with Gasteiger partial charge in [-0.1, -0.05) is 0 Å². The van der Waals surface area contributed by atoms with Crippen LogP contribution in [0, 0.1) is 0 Å². The summed E-state index contributed by atoms with van der Waals surface area (Å²) in [6, 6.07) is 6.04. The normalized spacial score (nSPS) is 10.0. The van der Waals surface area contributed by atoms with Gasteiger partial charge in [-0.15, -0.1) is 0 Å². The number of benzene rings is 1. The number of anilines is 1. The fourth-order valence-corrected chi connectivity index (χ4v) is 1.90. The molecule has 2 aromatic rings. The predicted octanol–water partition coefficient (Wildman–Crippen LogP) is 1.08. The van der Waals surface area contributed by atoms with Crippen molar-refractivity contribution in [1.29, 1.82) is 0 Å². The van der Waals surface area contributed by atoms with Gasteiger partial charge in [0.2, 0.25) is 0 Å². The number of rotatable bonds is 6. The summed E-state index contributed by atoms with van der Waals surface area (Å²) in [6.07, 6.45) is 2.85. The standard InChI is InChI=1S/C15H18N4O4/c1-22-11-3-4-12(13(9-11)23-2)18-15(21)17-7-8-19-10-16-6-5-14(19)20/h3-6,9-10H,7-8H2,1-2H3,(H2,17,18,21). The number of hydrogen-bond donors (Lipinski definition) is 2. The van der Waals surface area contributed by atoms with Crippen molar-refractivity contribution in [3.63, 3.8) is 0 Å². The summed E-state index contributed by atoms with van der Waals surface area (Å²) in [5.41, 5.74) is 0.350. The first-order valence-corrected chi connectivity index (χ1v) is 6.91. The number of amides is 2. The van der Waals surface area contributed by atoms with Crippen LogP contribution in [0.3, 0.4) is 0 Å². The van der Waals surface area contributed by atoms with E-state index in [4.69, 9.17) is 9.47 Å². The minimum atomic E-state index is -0.398. The molecule has 23 heavy (non-hydrogen) atoms. The number of nitrogens with zero attached hydrogens (tertiary/aromatic N) is 2. The van der Waals surface area contributed by atoms with Gasteiger partial charge >= 0.3 is 6.03 Å². The highest BCUT2D eigenvalue weighted by Crippen LogP contribution is 2.28. The van der Waals surface area contributed by atoms with Gasteiger partial charge in [-0.2, -0.15) is 0 Å². The lowest BCUT2D eigenvalue weighted by atomic mass is 10.2. The first kappa shape index (κ1) is 16.3. The van der Waals surface area contributed by atoms with Crippen LogP contribution in [-0.4, -0.2) is 36.3 Å². The van der Waals surface area contributed by atoms with Gasteiger partial charge in [-0.3, -0.25) is 9.36 Å². The molecule has 0 aliphatic rings. The Hall–Kier alpha value is -3.03. The molecule has 0 saturated carbocycles. The zero-order valence-electron chi connectivity index (χ0n) is 12.9. The van der Waals surface area contributed by atoms with Crippen molar-refractivity contribution in [2.45, 2.75) is 6.54 Å². The van der Waals surface area contributed by atoms with Crippen molar-refractivity contribution < 1.29 is 14.3 Å². The van der Waals surface area contributed by atoms with Crippen LogP contribution in [0.5, 0.6) is 11.5 Å². The van der Waals surface area contributed by atoms with Gasteiger partial charge in [-0.25, -0.2) is 9.78 Å². The molecular formula is C15H18N4O4. The molecule has 0 unspecified atom stereocenters. The van der Waals surface area contributed by atoms with E-state index in [9.17, 15) is 9.59 Å². The molecule has 8 nitrogen and oxygen atoms in total. The number of aromatic nitrogens is 2. The lowest BCUT2D eigenvalue weighted by Gasteiger charge is -2.12. The number of carbonyl (C=O) groups is 1. The van der Waals surface area contributed by atoms with E-state index < -0.39 is 6.03 Å². The number of urea groups is 1. The Morgan fingerprint density at radius 1 is 1.26 bits per heavy atom. The predicted molar refractivity (Wildman–Crippen MR) is 85.1 cm³/mol. The van der Waals surface area contributed by atoms with E-state index in [2.05, 4.69) is 15.6 Å². The van der Waals surface area contributed by atoms with Crippen LogP contribution in [0.2, 0.25) is 0 Å². The van der Waals surface area contributed by atoms with E-state index in [1.165, 1.54) is 30.3 Å². The van der Waals surface area contributed by atoms with E-state index in [1.54, 1.807) is 25.3 Å². The molecule has 0 bridgehead atoms. The third-order valence-electron chi connectivity index (χ3n) is 3.09. The number of hydrogen-bond acceptors (Lipinski definition) is 5. The molecule has 0 aliphatic carbocycles. The van der Waals surface area contributed by atoms with Crippen molar-refractivity contribution in [1.82, 2.24) is 14.9 Å². The monoisotopic (exact) mass is 318 g/mol. The summed E-state index contributed by atoms with van der Waals surface area (Å²) in [4.78, 5) is 27.3. The Bertz CT molecular complexity index is 729. The molecule has 1 aromatic carbocycles. The molecule has 2 N–H and O–H groups in total. The third kappa shape index (κ3) is 4.47. The van der Waals surface area contributed by atoms with Crippen LogP contribution < -0.4 is 25.7 Å². The largest absolute Gasteiger partial charge is 0.497 e. The molecular weight excluding hydrogens is 300 g/mol. The Labute approximate surface area is 133 Å². The highest BCUT2D eigenvalue weighted by molar-refractivity contribution is 5.91. The van der Waals surface area contributed by atoms with Gasteiger partial charge in [0.25, 0.3) is 5.56 Å². The maximum Gasteiger partial charge on any atom is 0.319 e. The highest BCUT2D eigenvalue weighted by atomic mass is 16.5. The Morgan fingerprint density at radius 2 is 2.09 bits per heavy atom. The van der Waals surface area contributed by atoms with Crippen LogP contribution in [0.25, 0.3) is 0 Å². The first-order chi connectivity index (χ1) is 11.1. The average molecular weight is 318 g/mol. The number of ether oxygens (including phenoxy) is 2. The van der Waals surface area contributed by atoms with Crippen molar-refractivity contribution in [2.24, 2.45) is 0 Å². The van der Waals surface area contributed by atoms with Crippen LogP contribution in [0.1, 0.15) is 0 Å². The molecule has 1 heterocycles. The van der Waals surface area contributed by atoms with E-state index in [-0.39, 0.29) is 12.1 Å². The number of methoxy groups -OCH3 is 2. The molecule has 122 valence electrons. The van der Waals surface area contributed by atoms with Crippen molar-refractivity contribution in [2.75, 3.05) is 26.1 Å². The molecule has 0 aliphatic heterocycles. The number of carbonyl (C=O) groups excluding carboxylic acids is 1. The summed E-state index contributed by atoms with van der Waals surface area (Å²) in [7, 11) is 3.06. The van der Waals surface area contributed by atoms with Gasteiger partial charge < -0.3 is 20.1 Å². The van der Waals surface area contributed by atoms with Gasteiger partial charge in [0.05, 0.1) is 26.2 Å². The second kappa shape index (κ2) is 7.83. The molecule has 2 amide bonds. The topological polar surface area (TPSA) is 94.5 Å². The Morgan fingerprint density at radius 3 is 2.78 bits per heavy atom. The van der Waals surface area contributed by atoms with Crippen LogP contribution in [0.15, 0.2) is 41.6 Å². The molecule has 2 rings (SSSR count). The maximum absolute atomic E-state index is 11.9. The van der Waals surface area contributed by atoms with Crippen molar-refractivity contribution >= 4 is 11.7 Å². The van der Waals surface area contributed by atoms with Crippen molar-refractivity contribution in [3.05, 3.63) is 47.1 Å². The lowest BCUT2D eigenvalue weighted by molar-refractivity contribution is 0.251. The summed E-state index contributed by atoms with van der Waals surface area (Å²) in [5.74, 6) is 1.12. The smallest absolute Gasteiger partial charge is 0.319 e. The zero-order chi connectivity index (χ0) is 16.7. The average Bonchev–Trinajstić information content (AvgIpc) is 2.57. The van der Waals surface area contributed by atoms with Gasteiger partial charge in [0, 0.05) is 31.4 Å². The summed E-state index contributed by atoms with van der Waals surface area (Å²) in [6.45, 7) is 0.621. The summed E-state index contributed by atoms with van der Waals surface area (Å²) in [5, 5.41) is 5.34. The lowest BCUT2D eigenvalue weighted by Crippen LogP contribution is -2.33. The van der Waals surface area contributed by atoms with Crippen LogP contribution >= 0.6 is 0 Å². The fourth-order valence-electron chi connectivity index (χ4n) is 1.90. The zero-order valence-corrected chi connectivity index (χ0v) is 12.9. The first-order valence-electron chi connectivity index (χ1n) is 6.91. The molecule has 0 fully saturated rings. The molecule has 0 atom stereocenters. The Balaban J connectivity index is 1.90. The van der Waals surface area contributed by atoms with Gasteiger partial charge in [0.1, 0.15) is 11.5 Å².